The molecule has 0 aliphatic carbocycles. The minimum Gasteiger partial charge on any atom is -0.497 e. The zero-order valence-electron chi connectivity index (χ0n) is 18.7. The van der Waals surface area contributed by atoms with Crippen LogP contribution in [-0.2, 0) is 11.3 Å². The van der Waals surface area contributed by atoms with E-state index in [2.05, 4.69) is 5.32 Å². The molecule has 0 saturated heterocycles. The van der Waals surface area contributed by atoms with Crippen molar-refractivity contribution < 1.29 is 14.3 Å². The van der Waals surface area contributed by atoms with Crippen LogP contribution in [-0.4, -0.2) is 29.3 Å². The molecule has 0 aliphatic heterocycles. The van der Waals surface area contributed by atoms with Crippen LogP contribution in [0.1, 0.15) is 11.1 Å². The molecule has 1 amide bonds. The summed E-state index contributed by atoms with van der Waals surface area (Å²) in [6.45, 7) is 3.50. The van der Waals surface area contributed by atoms with E-state index in [1.54, 1.807) is 41.8 Å². The van der Waals surface area contributed by atoms with Crippen LogP contribution in [0.4, 0.5) is 5.69 Å². The van der Waals surface area contributed by atoms with E-state index in [4.69, 9.17) is 9.47 Å². The van der Waals surface area contributed by atoms with E-state index in [-0.39, 0.29) is 6.54 Å². The number of ether oxygens (including phenoxy) is 2. The number of hydrogen-bond acceptors (Lipinski definition) is 6. The van der Waals surface area contributed by atoms with Crippen LogP contribution in [0.2, 0.25) is 0 Å². The highest BCUT2D eigenvalue weighted by Gasteiger charge is 2.19. The van der Waals surface area contributed by atoms with Gasteiger partial charge in [-0.2, -0.15) is 0 Å². The number of aryl methyl sites for hydroxylation is 1. The molecule has 0 bridgehead atoms. The summed E-state index contributed by atoms with van der Waals surface area (Å²) in [4.78, 5) is 39.6. The molecule has 0 radical (unpaired) electrons. The maximum Gasteiger partial charge on any atom is 0.336 e. The Bertz CT molecular complexity index is 1480. The van der Waals surface area contributed by atoms with Gasteiger partial charge >= 0.3 is 5.69 Å². The summed E-state index contributed by atoms with van der Waals surface area (Å²) in [7, 11) is 3.02. The van der Waals surface area contributed by atoms with Crippen molar-refractivity contribution in [2.45, 2.75) is 20.4 Å². The molecule has 1 N–H and O–H groups in total. The van der Waals surface area contributed by atoms with Crippen molar-refractivity contribution in [2.75, 3.05) is 19.5 Å². The second-order valence-corrected chi connectivity index (χ2v) is 8.39. The zero-order valence-corrected chi connectivity index (χ0v) is 19.5. The Morgan fingerprint density at radius 3 is 2.58 bits per heavy atom. The first-order valence-corrected chi connectivity index (χ1v) is 11.0. The predicted molar refractivity (Wildman–Crippen MR) is 129 cm³/mol. The molecule has 0 spiro atoms. The number of anilines is 1. The van der Waals surface area contributed by atoms with Gasteiger partial charge in [-0.15, -0.1) is 11.3 Å². The minimum absolute atomic E-state index is 0.280. The number of nitrogens with one attached hydrogen (secondary N) is 1. The lowest BCUT2D eigenvalue weighted by Gasteiger charge is -2.15. The van der Waals surface area contributed by atoms with Crippen LogP contribution < -0.4 is 26.0 Å². The standard InChI is InChI=1S/C24H23N3O5S/c1-14-6-5-7-18(15(14)2)27-23(29)22-19(10-11-33-22)26(24(27)30)13-21(28)25-17-12-16(31-3)8-9-20(17)32-4/h5-12H,13H2,1-4H3,(H,25,28). The number of aromatic nitrogens is 2. The summed E-state index contributed by atoms with van der Waals surface area (Å²) in [5.41, 5.74) is 2.15. The van der Waals surface area contributed by atoms with Crippen LogP contribution in [0.15, 0.2) is 57.4 Å². The molecule has 9 heteroatoms. The molecule has 4 aromatic rings. The smallest absolute Gasteiger partial charge is 0.336 e. The first-order chi connectivity index (χ1) is 15.8. The van der Waals surface area contributed by atoms with Crippen molar-refractivity contribution in [2.24, 2.45) is 0 Å². The van der Waals surface area contributed by atoms with Gasteiger partial charge in [-0.25, -0.2) is 9.36 Å². The minimum atomic E-state index is -0.577. The van der Waals surface area contributed by atoms with E-state index in [1.165, 1.54) is 30.1 Å². The number of rotatable bonds is 6. The largest absolute Gasteiger partial charge is 0.497 e. The van der Waals surface area contributed by atoms with E-state index in [9.17, 15) is 14.4 Å². The average Bonchev–Trinajstić information content (AvgIpc) is 3.29. The van der Waals surface area contributed by atoms with Crippen molar-refractivity contribution in [3.8, 4) is 17.2 Å². The first kappa shape index (κ1) is 22.3. The molecule has 2 aromatic heterocycles. The van der Waals surface area contributed by atoms with Crippen molar-refractivity contribution in [1.82, 2.24) is 9.13 Å². The predicted octanol–water partition coefficient (Wildman–Crippen LogP) is 3.49. The zero-order chi connectivity index (χ0) is 23.7. The molecule has 0 unspecified atom stereocenters. The third-order valence-electron chi connectivity index (χ3n) is 5.55. The number of benzene rings is 2. The van der Waals surface area contributed by atoms with E-state index in [1.807, 2.05) is 19.9 Å². The van der Waals surface area contributed by atoms with Gasteiger partial charge in [0.15, 0.2) is 0 Å². The molecule has 2 heterocycles. The lowest BCUT2D eigenvalue weighted by atomic mass is 10.1. The van der Waals surface area contributed by atoms with Gasteiger partial charge in [-0.3, -0.25) is 14.2 Å². The molecule has 170 valence electrons. The molecule has 8 nitrogen and oxygen atoms in total. The Kier molecular flexibility index (Phi) is 6.06. The highest BCUT2D eigenvalue weighted by molar-refractivity contribution is 7.17. The lowest BCUT2D eigenvalue weighted by molar-refractivity contribution is -0.116. The number of carbonyl (C=O) groups excluding carboxylic acids is 1. The van der Waals surface area contributed by atoms with E-state index in [0.29, 0.717) is 33.1 Å². The van der Waals surface area contributed by atoms with Crippen molar-refractivity contribution >= 4 is 33.1 Å². The molecule has 2 aromatic carbocycles. The Labute approximate surface area is 193 Å². The SMILES string of the molecule is COc1ccc(OC)c(NC(=O)Cn2c(=O)n(-c3cccc(C)c3C)c(=O)c3sccc32)c1. The summed E-state index contributed by atoms with van der Waals surface area (Å²) in [5.74, 6) is 0.562. The van der Waals surface area contributed by atoms with Crippen LogP contribution in [0.5, 0.6) is 11.5 Å². The Balaban J connectivity index is 1.80. The van der Waals surface area contributed by atoms with Gasteiger partial charge in [0.2, 0.25) is 5.91 Å². The topological polar surface area (TPSA) is 91.6 Å². The quantitative estimate of drug-likeness (QED) is 0.471. The van der Waals surface area contributed by atoms with Crippen molar-refractivity contribution in [3.63, 3.8) is 0 Å². The summed E-state index contributed by atoms with van der Waals surface area (Å²) in [5, 5.41) is 4.51. The average molecular weight is 466 g/mol. The number of carbonyl (C=O) groups is 1. The summed E-state index contributed by atoms with van der Waals surface area (Å²) in [6.07, 6.45) is 0. The third kappa shape index (κ3) is 4.03. The second-order valence-electron chi connectivity index (χ2n) is 7.48. The number of methoxy groups -OCH3 is 2. The van der Waals surface area contributed by atoms with Gasteiger partial charge in [0.05, 0.1) is 31.1 Å². The van der Waals surface area contributed by atoms with Gasteiger partial charge in [-0.05, 0) is 54.6 Å². The van der Waals surface area contributed by atoms with Crippen LogP contribution in [0.25, 0.3) is 15.9 Å². The van der Waals surface area contributed by atoms with Gasteiger partial charge < -0.3 is 14.8 Å². The van der Waals surface area contributed by atoms with Gasteiger partial charge in [0, 0.05) is 6.07 Å². The molecule has 0 aliphatic rings. The molecule has 0 fully saturated rings. The normalized spacial score (nSPS) is 10.9. The third-order valence-corrected chi connectivity index (χ3v) is 6.45. The maximum atomic E-state index is 13.5. The monoisotopic (exact) mass is 465 g/mol. The number of hydrogen-bond donors (Lipinski definition) is 1. The fraction of sp³-hybridized carbons (Fsp3) is 0.208. The molecule has 4 rings (SSSR count). The summed E-state index contributed by atoms with van der Waals surface area (Å²) < 4.78 is 13.4. The first-order valence-electron chi connectivity index (χ1n) is 10.2. The van der Waals surface area contributed by atoms with Crippen molar-refractivity contribution in [1.29, 1.82) is 0 Å². The Morgan fingerprint density at radius 2 is 1.85 bits per heavy atom. The number of nitrogens with zero attached hydrogens (tertiary/aromatic N) is 2. The molecule has 33 heavy (non-hydrogen) atoms. The molecular formula is C24H23N3O5S. The fourth-order valence-corrected chi connectivity index (χ4v) is 4.50. The summed E-state index contributed by atoms with van der Waals surface area (Å²) in [6, 6.07) is 12.2. The number of amides is 1. The second kappa shape index (κ2) is 8.95. The van der Waals surface area contributed by atoms with E-state index >= 15 is 0 Å². The van der Waals surface area contributed by atoms with Crippen LogP contribution in [0.3, 0.4) is 0 Å². The highest BCUT2D eigenvalue weighted by atomic mass is 32.1. The number of fused-ring (bicyclic) bond motifs is 1. The Hall–Kier alpha value is -3.85. The number of thiophene rings is 1. The Morgan fingerprint density at radius 1 is 1.06 bits per heavy atom. The van der Waals surface area contributed by atoms with Gasteiger partial charge in [-0.1, -0.05) is 12.1 Å². The van der Waals surface area contributed by atoms with E-state index in [0.717, 1.165) is 15.7 Å². The van der Waals surface area contributed by atoms with Crippen molar-refractivity contribution in [3.05, 3.63) is 79.8 Å². The van der Waals surface area contributed by atoms with Crippen LogP contribution in [0, 0.1) is 13.8 Å². The molecule has 0 atom stereocenters. The highest BCUT2D eigenvalue weighted by Crippen LogP contribution is 2.29. The van der Waals surface area contributed by atoms with Gasteiger partial charge in [0.25, 0.3) is 5.56 Å². The van der Waals surface area contributed by atoms with E-state index < -0.39 is 17.2 Å². The van der Waals surface area contributed by atoms with Gasteiger partial charge in [0.1, 0.15) is 22.7 Å². The molecular weight excluding hydrogens is 442 g/mol. The fourth-order valence-electron chi connectivity index (χ4n) is 3.68. The lowest BCUT2D eigenvalue weighted by Crippen LogP contribution is -2.40. The maximum absolute atomic E-state index is 13.5. The summed E-state index contributed by atoms with van der Waals surface area (Å²) >= 11 is 1.24. The van der Waals surface area contributed by atoms with Crippen LogP contribution >= 0.6 is 11.3 Å². The molecule has 0 saturated carbocycles.